The molecule has 0 unspecified atom stereocenters. The van der Waals surface area contributed by atoms with Crippen LogP contribution in [0.25, 0.3) is 0 Å². The molecule has 1 aromatic heterocycles. The van der Waals surface area contributed by atoms with Gasteiger partial charge in [0.2, 0.25) is 5.91 Å². The average molecular weight is 311 g/mol. The number of rotatable bonds is 5. The van der Waals surface area contributed by atoms with E-state index in [1.807, 2.05) is 0 Å². The SMILES string of the molecule is CC(=NNC(=O)c1ccc(NC(=O)C2CC2)cc1)c1ccco1. The monoisotopic (exact) mass is 311 g/mol. The fraction of sp³-hybridized carbons (Fsp3) is 0.235. The maximum Gasteiger partial charge on any atom is 0.271 e. The van der Waals surface area contributed by atoms with Gasteiger partial charge in [0.1, 0.15) is 11.5 Å². The van der Waals surface area contributed by atoms with Crippen LogP contribution in [0.3, 0.4) is 0 Å². The predicted molar refractivity (Wildman–Crippen MR) is 86.2 cm³/mol. The third-order valence-electron chi connectivity index (χ3n) is 3.57. The second-order valence-electron chi connectivity index (χ2n) is 5.46. The first-order valence-corrected chi connectivity index (χ1v) is 7.43. The van der Waals surface area contributed by atoms with Crippen LogP contribution in [-0.4, -0.2) is 17.5 Å². The van der Waals surface area contributed by atoms with Crippen molar-refractivity contribution >= 4 is 23.2 Å². The Hall–Kier alpha value is -2.89. The van der Waals surface area contributed by atoms with Gasteiger partial charge in [-0.05, 0) is 56.2 Å². The van der Waals surface area contributed by atoms with Gasteiger partial charge in [0.15, 0.2) is 0 Å². The number of amides is 2. The summed E-state index contributed by atoms with van der Waals surface area (Å²) in [5.74, 6) is 0.470. The zero-order valence-electron chi connectivity index (χ0n) is 12.7. The molecule has 118 valence electrons. The van der Waals surface area contributed by atoms with E-state index in [-0.39, 0.29) is 17.7 Å². The Bertz CT molecular complexity index is 729. The normalized spacial score (nSPS) is 14.4. The lowest BCUT2D eigenvalue weighted by atomic mass is 10.2. The lowest BCUT2D eigenvalue weighted by Gasteiger charge is -2.05. The van der Waals surface area contributed by atoms with Gasteiger partial charge in [-0.25, -0.2) is 5.43 Å². The second-order valence-corrected chi connectivity index (χ2v) is 5.46. The van der Waals surface area contributed by atoms with Gasteiger partial charge < -0.3 is 9.73 Å². The number of anilines is 1. The van der Waals surface area contributed by atoms with Gasteiger partial charge >= 0.3 is 0 Å². The Kier molecular flexibility index (Phi) is 4.23. The van der Waals surface area contributed by atoms with Crippen molar-refractivity contribution in [3.8, 4) is 0 Å². The number of hydrogen-bond donors (Lipinski definition) is 2. The molecule has 6 heteroatoms. The van der Waals surface area contributed by atoms with Crippen molar-refractivity contribution in [1.29, 1.82) is 0 Å². The van der Waals surface area contributed by atoms with E-state index < -0.39 is 0 Å². The van der Waals surface area contributed by atoms with Crippen LogP contribution in [0.2, 0.25) is 0 Å². The summed E-state index contributed by atoms with van der Waals surface area (Å²) in [7, 11) is 0. The third kappa shape index (κ3) is 3.85. The number of furan rings is 1. The van der Waals surface area contributed by atoms with Crippen LogP contribution in [0.4, 0.5) is 5.69 Å². The molecular weight excluding hydrogens is 294 g/mol. The van der Waals surface area contributed by atoms with Crippen molar-refractivity contribution in [1.82, 2.24) is 5.43 Å². The highest BCUT2D eigenvalue weighted by molar-refractivity contribution is 5.99. The zero-order chi connectivity index (χ0) is 16.2. The van der Waals surface area contributed by atoms with Crippen LogP contribution < -0.4 is 10.7 Å². The molecule has 1 fully saturated rings. The van der Waals surface area contributed by atoms with E-state index in [9.17, 15) is 9.59 Å². The van der Waals surface area contributed by atoms with E-state index in [0.29, 0.717) is 22.7 Å². The largest absolute Gasteiger partial charge is 0.463 e. The minimum absolute atomic E-state index is 0.0425. The number of carbonyl (C=O) groups excluding carboxylic acids is 2. The summed E-state index contributed by atoms with van der Waals surface area (Å²) in [6.45, 7) is 1.75. The second kappa shape index (κ2) is 6.48. The molecule has 1 heterocycles. The maximum absolute atomic E-state index is 12.0. The fourth-order valence-electron chi connectivity index (χ4n) is 2.03. The molecule has 0 atom stereocenters. The summed E-state index contributed by atoms with van der Waals surface area (Å²) in [4.78, 5) is 23.7. The van der Waals surface area contributed by atoms with Gasteiger partial charge in [0.05, 0.1) is 6.26 Å². The van der Waals surface area contributed by atoms with E-state index in [1.165, 1.54) is 0 Å². The minimum atomic E-state index is -0.323. The number of hydrogen-bond acceptors (Lipinski definition) is 4. The van der Waals surface area contributed by atoms with Crippen molar-refractivity contribution in [2.45, 2.75) is 19.8 Å². The van der Waals surface area contributed by atoms with Crippen LogP contribution in [0.15, 0.2) is 52.2 Å². The molecule has 1 aliphatic rings. The van der Waals surface area contributed by atoms with Crippen molar-refractivity contribution in [2.75, 3.05) is 5.32 Å². The molecule has 0 aliphatic heterocycles. The third-order valence-corrected chi connectivity index (χ3v) is 3.57. The number of benzene rings is 1. The molecule has 1 aromatic carbocycles. The summed E-state index contributed by atoms with van der Waals surface area (Å²) in [5.41, 5.74) is 4.21. The van der Waals surface area contributed by atoms with Crippen LogP contribution in [0.1, 0.15) is 35.9 Å². The summed E-state index contributed by atoms with van der Waals surface area (Å²) < 4.78 is 5.19. The van der Waals surface area contributed by atoms with Crippen LogP contribution in [-0.2, 0) is 4.79 Å². The van der Waals surface area contributed by atoms with Gasteiger partial charge in [0.25, 0.3) is 5.91 Å². The molecule has 0 spiro atoms. The van der Waals surface area contributed by atoms with Crippen molar-refractivity contribution < 1.29 is 14.0 Å². The highest BCUT2D eigenvalue weighted by Crippen LogP contribution is 2.30. The highest BCUT2D eigenvalue weighted by atomic mass is 16.3. The van der Waals surface area contributed by atoms with Gasteiger partial charge in [-0.2, -0.15) is 5.10 Å². The lowest BCUT2D eigenvalue weighted by Crippen LogP contribution is -2.19. The summed E-state index contributed by atoms with van der Waals surface area (Å²) in [6.07, 6.45) is 3.46. The minimum Gasteiger partial charge on any atom is -0.463 e. The number of carbonyl (C=O) groups is 2. The van der Waals surface area contributed by atoms with Gasteiger partial charge in [-0.15, -0.1) is 0 Å². The van der Waals surface area contributed by atoms with E-state index in [2.05, 4.69) is 15.8 Å². The first-order chi connectivity index (χ1) is 11.1. The van der Waals surface area contributed by atoms with Gasteiger partial charge in [-0.3, -0.25) is 9.59 Å². The summed E-state index contributed by atoms with van der Waals surface area (Å²) in [6, 6.07) is 10.2. The Morgan fingerprint density at radius 3 is 2.52 bits per heavy atom. The molecule has 2 aromatic rings. The molecule has 0 radical (unpaired) electrons. The summed E-state index contributed by atoms with van der Waals surface area (Å²) in [5, 5.41) is 6.83. The number of nitrogens with zero attached hydrogens (tertiary/aromatic N) is 1. The Morgan fingerprint density at radius 1 is 1.17 bits per heavy atom. The van der Waals surface area contributed by atoms with Crippen molar-refractivity contribution in [3.05, 3.63) is 54.0 Å². The quantitative estimate of drug-likeness (QED) is 0.658. The maximum atomic E-state index is 12.0. The van der Waals surface area contributed by atoms with E-state index in [4.69, 9.17) is 4.42 Å². The first-order valence-electron chi connectivity index (χ1n) is 7.43. The molecule has 1 saturated carbocycles. The van der Waals surface area contributed by atoms with E-state index in [1.54, 1.807) is 49.6 Å². The number of nitrogens with one attached hydrogen (secondary N) is 2. The molecule has 23 heavy (non-hydrogen) atoms. The van der Waals surface area contributed by atoms with E-state index >= 15 is 0 Å². The lowest BCUT2D eigenvalue weighted by molar-refractivity contribution is -0.117. The molecule has 3 rings (SSSR count). The summed E-state index contributed by atoms with van der Waals surface area (Å²) >= 11 is 0. The fourth-order valence-corrected chi connectivity index (χ4v) is 2.03. The van der Waals surface area contributed by atoms with Gasteiger partial charge in [0, 0.05) is 17.2 Å². The van der Waals surface area contributed by atoms with Crippen LogP contribution >= 0.6 is 0 Å². The standard InChI is InChI=1S/C17H17N3O3/c1-11(15-3-2-10-23-15)19-20-17(22)13-6-8-14(9-7-13)18-16(21)12-4-5-12/h2-3,6-10,12H,4-5H2,1H3,(H,18,21)(H,20,22). The van der Waals surface area contributed by atoms with Crippen molar-refractivity contribution in [3.63, 3.8) is 0 Å². The molecular formula is C17H17N3O3. The topological polar surface area (TPSA) is 83.7 Å². The molecule has 6 nitrogen and oxygen atoms in total. The average Bonchev–Trinajstić information content (AvgIpc) is 3.28. The molecule has 1 aliphatic carbocycles. The Balaban J connectivity index is 1.59. The van der Waals surface area contributed by atoms with Gasteiger partial charge in [-0.1, -0.05) is 0 Å². The predicted octanol–water partition coefficient (Wildman–Crippen LogP) is 2.78. The zero-order valence-corrected chi connectivity index (χ0v) is 12.7. The Labute approximate surface area is 133 Å². The van der Waals surface area contributed by atoms with E-state index in [0.717, 1.165) is 12.8 Å². The molecule has 2 N–H and O–H groups in total. The first kappa shape index (κ1) is 15.0. The molecule has 0 saturated heterocycles. The number of hydrazone groups is 1. The van der Waals surface area contributed by atoms with Crippen molar-refractivity contribution in [2.24, 2.45) is 11.0 Å². The molecule has 2 amide bonds. The molecule has 0 bridgehead atoms. The van der Waals surface area contributed by atoms with Crippen LogP contribution in [0.5, 0.6) is 0 Å². The Morgan fingerprint density at radius 2 is 1.91 bits per heavy atom. The van der Waals surface area contributed by atoms with Crippen LogP contribution in [0, 0.1) is 5.92 Å². The smallest absolute Gasteiger partial charge is 0.271 e. The highest BCUT2D eigenvalue weighted by Gasteiger charge is 2.29.